The fraction of sp³-hybridized carbons (Fsp3) is 0.107. The number of pyridine rings is 1. The second-order valence-electron chi connectivity index (χ2n) is 8.83. The van der Waals surface area contributed by atoms with Gasteiger partial charge in [0, 0.05) is 10.4 Å². The Kier molecular flexibility index (Phi) is 7.45. The standard InChI is InChI=1S/C28H18ClF4N3O4S/c1-13-10-15(29)4-8-19(13)39-12-17-7-9-20(40-17)26(38)36-23-22-18(14-2-5-16(30)6-3-14)11-21(28(31,32)33)35-27(22)41-24(23)25(34)37/h2-11H,12H2,1H3,(H2,34,37)(H,36,38). The molecule has 41 heavy (non-hydrogen) atoms. The zero-order chi connectivity index (χ0) is 29.5. The molecule has 2 aromatic carbocycles. The van der Waals surface area contributed by atoms with Crippen LogP contribution in [-0.2, 0) is 12.8 Å². The highest BCUT2D eigenvalue weighted by molar-refractivity contribution is 7.21. The van der Waals surface area contributed by atoms with E-state index in [1.54, 1.807) is 18.2 Å². The number of nitrogens with zero attached hydrogens (tertiary/aromatic N) is 1. The average molecular weight is 604 g/mol. The fourth-order valence-electron chi connectivity index (χ4n) is 4.07. The van der Waals surface area contributed by atoms with Gasteiger partial charge in [-0.25, -0.2) is 9.37 Å². The Bertz CT molecular complexity index is 1800. The van der Waals surface area contributed by atoms with Crippen LogP contribution >= 0.6 is 22.9 Å². The Morgan fingerprint density at radius 2 is 1.83 bits per heavy atom. The van der Waals surface area contributed by atoms with Crippen LogP contribution in [0.2, 0.25) is 5.02 Å². The molecule has 3 aromatic heterocycles. The van der Waals surface area contributed by atoms with Gasteiger partial charge >= 0.3 is 6.18 Å². The molecule has 210 valence electrons. The number of thiophene rings is 1. The minimum atomic E-state index is -4.82. The monoisotopic (exact) mass is 603 g/mol. The van der Waals surface area contributed by atoms with Crippen molar-refractivity contribution in [2.24, 2.45) is 5.73 Å². The SMILES string of the molecule is Cc1cc(Cl)ccc1OCc1ccc(C(=O)Nc2c(C(N)=O)sc3nc(C(F)(F)F)cc(-c4ccc(F)cc4)c23)o1. The van der Waals surface area contributed by atoms with Crippen molar-refractivity contribution in [3.63, 3.8) is 0 Å². The number of alkyl halides is 3. The molecule has 5 rings (SSSR count). The van der Waals surface area contributed by atoms with Crippen molar-refractivity contribution in [3.8, 4) is 16.9 Å². The summed E-state index contributed by atoms with van der Waals surface area (Å²) in [6.45, 7) is 1.80. The third kappa shape index (κ3) is 5.88. The van der Waals surface area contributed by atoms with Gasteiger partial charge < -0.3 is 20.2 Å². The number of amides is 2. The largest absolute Gasteiger partial charge is 0.485 e. The second-order valence-corrected chi connectivity index (χ2v) is 10.3. The number of carbonyl (C=O) groups is 2. The highest BCUT2D eigenvalue weighted by Crippen LogP contribution is 2.43. The van der Waals surface area contributed by atoms with Crippen LogP contribution in [0.3, 0.4) is 0 Å². The summed E-state index contributed by atoms with van der Waals surface area (Å²) in [5, 5.41) is 3.12. The Balaban J connectivity index is 1.51. The van der Waals surface area contributed by atoms with Gasteiger partial charge in [-0.2, -0.15) is 13.2 Å². The lowest BCUT2D eigenvalue weighted by Gasteiger charge is -2.12. The fourth-order valence-corrected chi connectivity index (χ4v) is 5.30. The van der Waals surface area contributed by atoms with Crippen LogP contribution in [0, 0.1) is 12.7 Å². The van der Waals surface area contributed by atoms with Gasteiger partial charge in [0.25, 0.3) is 11.8 Å². The molecular weight excluding hydrogens is 586 g/mol. The topological polar surface area (TPSA) is 107 Å². The number of furan rings is 1. The molecule has 0 aliphatic rings. The number of hydrogen-bond donors (Lipinski definition) is 2. The summed E-state index contributed by atoms with van der Waals surface area (Å²) in [6.07, 6.45) is -4.82. The summed E-state index contributed by atoms with van der Waals surface area (Å²) in [4.78, 5) is 28.7. The quantitative estimate of drug-likeness (QED) is 0.186. The average Bonchev–Trinajstić information content (AvgIpc) is 3.53. The van der Waals surface area contributed by atoms with Crippen LogP contribution in [0.1, 0.15) is 37.2 Å². The molecule has 0 bridgehead atoms. The van der Waals surface area contributed by atoms with E-state index in [-0.39, 0.29) is 44.3 Å². The molecule has 0 aliphatic heterocycles. The smallest absolute Gasteiger partial charge is 0.433 e. The van der Waals surface area contributed by atoms with Crippen molar-refractivity contribution in [2.75, 3.05) is 5.32 Å². The predicted molar refractivity (Wildman–Crippen MR) is 146 cm³/mol. The van der Waals surface area contributed by atoms with Gasteiger partial charge in [-0.05, 0) is 72.1 Å². The van der Waals surface area contributed by atoms with Gasteiger partial charge in [0.15, 0.2) is 5.76 Å². The number of hydrogen-bond acceptors (Lipinski definition) is 6. The molecule has 13 heteroatoms. The maximum Gasteiger partial charge on any atom is 0.433 e. The first kappa shape index (κ1) is 28.1. The summed E-state index contributed by atoms with van der Waals surface area (Å²) in [7, 11) is 0. The molecule has 0 saturated carbocycles. The highest BCUT2D eigenvalue weighted by atomic mass is 35.5. The van der Waals surface area contributed by atoms with E-state index in [1.165, 1.54) is 24.3 Å². The number of benzene rings is 2. The minimum Gasteiger partial charge on any atom is -0.485 e. The first-order valence-corrected chi connectivity index (χ1v) is 13.0. The van der Waals surface area contributed by atoms with Gasteiger partial charge in [0.05, 0.1) is 5.69 Å². The van der Waals surface area contributed by atoms with Crippen molar-refractivity contribution in [3.05, 3.63) is 99.2 Å². The molecule has 3 N–H and O–H groups in total. The van der Waals surface area contributed by atoms with E-state index >= 15 is 0 Å². The molecular formula is C28H18ClF4N3O4S. The number of aromatic nitrogens is 1. The first-order valence-electron chi connectivity index (χ1n) is 11.8. The van der Waals surface area contributed by atoms with E-state index in [0.717, 1.165) is 23.8 Å². The molecule has 0 spiro atoms. The number of carbonyl (C=O) groups excluding carboxylic acids is 2. The number of ether oxygens (including phenoxy) is 1. The van der Waals surface area contributed by atoms with E-state index in [9.17, 15) is 27.2 Å². The number of fused-ring (bicyclic) bond motifs is 1. The lowest BCUT2D eigenvalue weighted by atomic mass is 10.0. The minimum absolute atomic E-state index is 0.0114. The van der Waals surface area contributed by atoms with Crippen LogP contribution in [-0.4, -0.2) is 16.8 Å². The van der Waals surface area contributed by atoms with Gasteiger partial charge in [-0.15, -0.1) is 11.3 Å². The van der Waals surface area contributed by atoms with Crippen molar-refractivity contribution in [2.45, 2.75) is 19.7 Å². The van der Waals surface area contributed by atoms with Crippen LogP contribution in [0.4, 0.5) is 23.2 Å². The number of rotatable bonds is 7. The van der Waals surface area contributed by atoms with E-state index in [4.69, 9.17) is 26.5 Å². The van der Waals surface area contributed by atoms with Gasteiger partial charge in [-0.1, -0.05) is 23.7 Å². The maximum atomic E-state index is 13.7. The third-order valence-corrected chi connectivity index (χ3v) is 7.30. The summed E-state index contributed by atoms with van der Waals surface area (Å²) < 4.78 is 66.0. The second kappa shape index (κ2) is 10.9. The maximum absolute atomic E-state index is 13.7. The van der Waals surface area contributed by atoms with Crippen LogP contribution in [0.15, 0.2) is 65.1 Å². The van der Waals surface area contributed by atoms with Crippen LogP contribution in [0.25, 0.3) is 21.3 Å². The number of anilines is 1. The van der Waals surface area contributed by atoms with Crippen LogP contribution < -0.4 is 15.8 Å². The van der Waals surface area contributed by atoms with E-state index in [2.05, 4.69) is 10.3 Å². The third-order valence-electron chi connectivity index (χ3n) is 5.96. The van der Waals surface area contributed by atoms with Gasteiger partial charge in [-0.3, -0.25) is 9.59 Å². The molecule has 2 amide bonds. The molecule has 7 nitrogen and oxygen atoms in total. The van der Waals surface area contributed by atoms with Crippen molar-refractivity contribution in [1.29, 1.82) is 0 Å². The lowest BCUT2D eigenvalue weighted by molar-refractivity contribution is -0.140. The Morgan fingerprint density at radius 1 is 1.10 bits per heavy atom. The molecule has 0 aliphatic carbocycles. The zero-order valence-electron chi connectivity index (χ0n) is 20.9. The summed E-state index contributed by atoms with van der Waals surface area (Å²) >= 11 is 6.55. The van der Waals surface area contributed by atoms with E-state index in [0.29, 0.717) is 27.9 Å². The summed E-state index contributed by atoms with van der Waals surface area (Å²) in [5.74, 6) is -1.69. The number of nitrogens with two attached hydrogens (primary N) is 1. The van der Waals surface area contributed by atoms with Crippen molar-refractivity contribution in [1.82, 2.24) is 4.98 Å². The zero-order valence-corrected chi connectivity index (χ0v) is 22.5. The van der Waals surface area contributed by atoms with E-state index in [1.807, 2.05) is 6.92 Å². The number of halogens is 5. The predicted octanol–water partition coefficient (Wildman–Crippen LogP) is 7.61. The van der Waals surface area contributed by atoms with E-state index < -0.39 is 29.5 Å². The van der Waals surface area contributed by atoms with Crippen LogP contribution in [0.5, 0.6) is 5.75 Å². The molecule has 3 heterocycles. The molecule has 0 radical (unpaired) electrons. The summed E-state index contributed by atoms with van der Waals surface area (Å²) in [6, 6.07) is 13.5. The molecule has 5 aromatic rings. The molecule has 0 unspecified atom stereocenters. The number of nitrogens with one attached hydrogen (secondary N) is 1. The summed E-state index contributed by atoms with van der Waals surface area (Å²) in [5.41, 5.74) is 5.10. The van der Waals surface area contributed by atoms with Crippen molar-refractivity contribution >= 4 is 50.7 Å². The van der Waals surface area contributed by atoms with Crippen molar-refractivity contribution < 1.29 is 36.3 Å². The molecule has 0 atom stereocenters. The van der Waals surface area contributed by atoms with Gasteiger partial charge in [0.2, 0.25) is 0 Å². The van der Waals surface area contributed by atoms with Gasteiger partial charge in [0.1, 0.15) is 39.3 Å². The Labute approximate surface area is 238 Å². The number of aryl methyl sites for hydroxylation is 1. The lowest BCUT2D eigenvalue weighted by Crippen LogP contribution is -2.16. The molecule has 0 saturated heterocycles. The molecule has 0 fully saturated rings. The Morgan fingerprint density at radius 3 is 2.49 bits per heavy atom. The number of primary amides is 1. The normalized spacial score (nSPS) is 11.6. The highest BCUT2D eigenvalue weighted by Gasteiger charge is 2.35. The Hall–Kier alpha value is -4.42. The first-order chi connectivity index (χ1) is 19.4.